The summed E-state index contributed by atoms with van der Waals surface area (Å²) in [6, 6.07) is 18.5. The van der Waals surface area contributed by atoms with Crippen LogP contribution in [0.2, 0.25) is 0 Å². The van der Waals surface area contributed by atoms with E-state index in [9.17, 15) is 4.79 Å². The molecule has 4 aromatic rings. The Hall–Kier alpha value is -3.19. The summed E-state index contributed by atoms with van der Waals surface area (Å²) in [5.41, 5.74) is 5.26. The number of fused-ring (bicyclic) bond motifs is 1. The van der Waals surface area contributed by atoms with Crippen LogP contribution in [0.4, 0.5) is 5.13 Å². The van der Waals surface area contributed by atoms with Crippen molar-refractivity contribution >= 4 is 32.7 Å². The van der Waals surface area contributed by atoms with Crippen molar-refractivity contribution in [2.75, 3.05) is 31.1 Å². The molecule has 0 radical (unpaired) electrons. The first-order chi connectivity index (χ1) is 16.0. The van der Waals surface area contributed by atoms with E-state index in [1.807, 2.05) is 34.7 Å². The van der Waals surface area contributed by atoms with Gasteiger partial charge in [0.15, 0.2) is 10.8 Å². The van der Waals surface area contributed by atoms with Crippen LogP contribution in [0, 0.1) is 13.8 Å². The number of benzene rings is 2. The molecular weight excluding hydrogens is 430 g/mol. The van der Waals surface area contributed by atoms with Gasteiger partial charge in [0.05, 0.1) is 22.0 Å². The highest BCUT2D eigenvalue weighted by Crippen LogP contribution is 2.33. The second-order valence-corrected chi connectivity index (χ2v) is 9.64. The fraction of sp³-hybridized carbons (Fsp3) is 0.346. The standard InChI is InChI=1S/C26H29N5OS/c1-4-22(20-8-6-5-7-9-20)25(32)29-14-16-30(17-15-29)26-27-24-23(33-26)19(3)28-31(24)21-12-10-18(2)11-13-21/h5-13,22H,4,14-17H2,1-3H3/t22-/m0/s1. The molecule has 170 valence electrons. The van der Waals surface area contributed by atoms with Gasteiger partial charge in [0.2, 0.25) is 5.91 Å². The van der Waals surface area contributed by atoms with Crippen LogP contribution in [0.15, 0.2) is 54.6 Å². The molecule has 1 aliphatic heterocycles. The van der Waals surface area contributed by atoms with E-state index in [0.717, 1.165) is 65.0 Å². The van der Waals surface area contributed by atoms with E-state index >= 15 is 0 Å². The van der Waals surface area contributed by atoms with Crippen molar-refractivity contribution in [3.63, 3.8) is 0 Å². The third-order valence-electron chi connectivity index (χ3n) is 6.43. The number of hydrogen-bond donors (Lipinski definition) is 0. The van der Waals surface area contributed by atoms with Gasteiger partial charge in [0.1, 0.15) is 0 Å². The van der Waals surface area contributed by atoms with Gasteiger partial charge in [-0.3, -0.25) is 4.79 Å². The molecule has 3 heterocycles. The number of nitrogens with zero attached hydrogens (tertiary/aromatic N) is 5. The summed E-state index contributed by atoms with van der Waals surface area (Å²) in [7, 11) is 0. The van der Waals surface area contributed by atoms with Gasteiger partial charge < -0.3 is 9.80 Å². The van der Waals surface area contributed by atoms with E-state index in [2.05, 4.69) is 55.1 Å². The Morgan fingerprint density at radius 3 is 2.36 bits per heavy atom. The summed E-state index contributed by atoms with van der Waals surface area (Å²) >= 11 is 1.69. The Kier molecular flexibility index (Phi) is 5.89. The van der Waals surface area contributed by atoms with Crippen LogP contribution in [0.5, 0.6) is 0 Å². The summed E-state index contributed by atoms with van der Waals surface area (Å²) in [6.45, 7) is 9.25. The van der Waals surface area contributed by atoms with Gasteiger partial charge in [-0.15, -0.1) is 0 Å². The lowest BCUT2D eigenvalue weighted by Gasteiger charge is -2.36. The summed E-state index contributed by atoms with van der Waals surface area (Å²) < 4.78 is 3.06. The summed E-state index contributed by atoms with van der Waals surface area (Å²) in [5.74, 6) is 0.168. The monoisotopic (exact) mass is 459 g/mol. The largest absolute Gasteiger partial charge is 0.344 e. The number of aryl methyl sites for hydroxylation is 2. The number of thiazole rings is 1. The zero-order valence-electron chi connectivity index (χ0n) is 19.4. The average Bonchev–Trinajstić information content (AvgIpc) is 3.41. The van der Waals surface area contributed by atoms with Crippen LogP contribution in [0.25, 0.3) is 16.0 Å². The molecule has 5 rings (SSSR count). The van der Waals surface area contributed by atoms with E-state index < -0.39 is 0 Å². The molecule has 1 amide bonds. The molecule has 7 heteroatoms. The molecule has 1 saturated heterocycles. The van der Waals surface area contributed by atoms with Crippen molar-refractivity contribution < 1.29 is 4.79 Å². The first-order valence-corrected chi connectivity index (χ1v) is 12.4. The number of piperazine rings is 1. The van der Waals surface area contributed by atoms with E-state index in [0.29, 0.717) is 0 Å². The van der Waals surface area contributed by atoms with Gasteiger partial charge in [-0.25, -0.2) is 4.68 Å². The first-order valence-electron chi connectivity index (χ1n) is 11.6. The third kappa shape index (κ3) is 4.13. The summed E-state index contributed by atoms with van der Waals surface area (Å²) in [4.78, 5) is 22.5. The topological polar surface area (TPSA) is 54.3 Å². The SMILES string of the molecule is CC[C@H](C(=O)N1CCN(c2nc3c(s2)c(C)nn3-c2ccc(C)cc2)CC1)c1ccccc1. The molecule has 2 aromatic heterocycles. The van der Waals surface area contributed by atoms with Gasteiger partial charge in [-0.2, -0.15) is 10.1 Å². The molecule has 0 N–H and O–H groups in total. The average molecular weight is 460 g/mol. The molecule has 0 aliphatic carbocycles. The zero-order chi connectivity index (χ0) is 22.9. The molecule has 2 aromatic carbocycles. The third-order valence-corrected chi connectivity index (χ3v) is 7.64. The molecule has 0 unspecified atom stereocenters. The van der Waals surface area contributed by atoms with Crippen molar-refractivity contribution in [3.8, 4) is 5.69 Å². The number of amides is 1. The highest BCUT2D eigenvalue weighted by atomic mass is 32.1. The second-order valence-electron chi connectivity index (χ2n) is 8.67. The van der Waals surface area contributed by atoms with E-state index in [4.69, 9.17) is 10.1 Å². The van der Waals surface area contributed by atoms with Crippen LogP contribution >= 0.6 is 11.3 Å². The second kappa shape index (κ2) is 8.98. The maximum Gasteiger partial charge on any atom is 0.230 e. The Morgan fingerprint density at radius 1 is 1.00 bits per heavy atom. The van der Waals surface area contributed by atoms with Gasteiger partial charge >= 0.3 is 0 Å². The van der Waals surface area contributed by atoms with Crippen molar-refractivity contribution in [3.05, 3.63) is 71.4 Å². The highest BCUT2D eigenvalue weighted by Gasteiger charge is 2.29. The Labute approximate surface area is 198 Å². The fourth-order valence-electron chi connectivity index (χ4n) is 4.50. The lowest BCUT2D eigenvalue weighted by Crippen LogP contribution is -2.50. The van der Waals surface area contributed by atoms with Crippen LogP contribution in [-0.2, 0) is 4.79 Å². The smallest absolute Gasteiger partial charge is 0.230 e. The molecule has 1 fully saturated rings. The molecule has 1 aliphatic rings. The van der Waals surface area contributed by atoms with Crippen LogP contribution in [0.3, 0.4) is 0 Å². The number of anilines is 1. The maximum atomic E-state index is 13.2. The van der Waals surface area contributed by atoms with E-state index in [1.54, 1.807) is 11.3 Å². The Morgan fingerprint density at radius 2 is 1.70 bits per heavy atom. The Balaban J connectivity index is 1.32. The molecule has 33 heavy (non-hydrogen) atoms. The number of carbonyl (C=O) groups is 1. The minimum atomic E-state index is -0.0663. The molecule has 0 spiro atoms. The lowest BCUT2D eigenvalue weighted by molar-refractivity contribution is -0.133. The highest BCUT2D eigenvalue weighted by molar-refractivity contribution is 7.22. The minimum Gasteiger partial charge on any atom is -0.344 e. The van der Waals surface area contributed by atoms with Gasteiger partial charge in [-0.05, 0) is 38.0 Å². The number of carbonyl (C=O) groups excluding carboxylic acids is 1. The predicted molar refractivity (Wildman–Crippen MR) is 134 cm³/mol. The van der Waals surface area contributed by atoms with Crippen molar-refractivity contribution in [2.24, 2.45) is 0 Å². The normalized spacial score (nSPS) is 15.2. The van der Waals surface area contributed by atoms with Crippen LogP contribution in [0.1, 0.15) is 36.1 Å². The summed E-state index contributed by atoms with van der Waals surface area (Å²) in [6.07, 6.45) is 0.815. The van der Waals surface area contributed by atoms with Crippen molar-refractivity contribution in [1.29, 1.82) is 0 Å². The molecular formula is C26H29N5OS. The number of aromatic nitrogens is 3. The maximum absolute atomic E-state index is 13.2. The fourth-order valence-corrected chi connectivity index (χ4v) is 5.54. The van der Waals surface area contributed by atoms with E-state index in [1.165, 1.54) is 5.56 Å². The quantitative estimate of drug-likeness (QED) is 0.424. The van der Waals surface area contributed by atoms with Crippen molar-refractivity contribution in [1.82, 2.24) is 19.7 Å². The molecule has 6 nitrogen and oxygen atoms in total. The molecule has 1 atom stereocenters. The summed E-state index contributed by atoms with van der Waals surface area (Å²) in [5, 5.41) is 5.73. The van der Waals surface area contributed by atoms with Crippen LogP contribution < -0.4 is 4.90 Å². The zero-order valence-corrected chi connectivity index (χ0v) is 20.2. The Bertz CT molecular complexity index is 1250. The van der Waals surface area contributed by atoms with Gasteiger partial charge in [0.25, 0.3) is 0 Å². The predicted octanol–water partition coefficient (Wildman–Crippen LogP) is 4.94. The molecule has 0 saturated carbocycles. The van der Waals surface area contributed by atoms with Gasteiger partial charge in [-0.1, -0.05) is 66.3 Å². The van der Waals surface area contributed by atoms with Gasteiger partial charge in [0, 0.05) is 26.2 Å². The van der Waals surface area contributed by atoms with E-state index in [-0.39, 0.29) is 11.8 Å². The lowest BCUT2D eigenvalue weighted by atomic mass is 9.95. The van der Waals surface area contributed by atoms with Crippen molar-refractivity contribution in [2.45, 2.75) is 33.1 Å². The first kappa shape index (κ1) is 21.6. The minimum absolute atomic E-state index is 0.0663. The number of hydrogen-bond acceptors (Lipinski definition) is 5. The number of rotatable bonds is 5. The molecule has 0 bridgehead atoms. The van der Waals surface area contributed by atoms with Crippen LogP contribution in [-0.4, -0.2) is 51.8 Å².